The zero-order chi connectivity index (χ0) is 26.7. The number of nitrogens with one attached hydrogen (secondary N) is 2. The van der Waals surface area contributed by atoms with Gasteiger partial charge in [-0.3, -0.25) is 9.59 Å². The van der Waals surface area contributed by atoms with Crippen LogP contribution in [0.3, 0.4) is 0 Å². The fourth-order valence-corrected chi connectivity index (χ4v) is 4.46. The number of rotatable bonds is 6. The van der Waals surface area contributed by atoms with Gasteiger partial charge in [0.15, 0.2) is 11.6 Å². The first-order chi connectivity index (χ1) is 17.6. The molecule has 3 N–H and O–H groups in total. The number of hydrogen-bond acceptors (Lipinski definition) is 5. The molecule has 0 unspecified atom stereocenters. The fraction of sp³-hybridized carbons (Fsp3) is 0.240. The van der Waals surface area contributed by atoms with Crippen LogP contribution in [0.1, 0.15) is 46.4 Å². The number of halogens is 5. The van der Waals surface area contributed by atoms with Crippen LogP contribution in [0.4, 0.5) is 13.2 Å². The molecule has 1 aliphatic rings. The molecule has 1 fully saturated rings. The van der Waals surface area contributed by atoms with Crippen LogP contribution in [0.5, 0.6) is 17.4 Å². The zero-order valence-electron chi connectivity index (χ0n) is 19.0. The number of benzene rings is 2. The highest BCUT2D eigenvalue weighted by Crippen LogP contribution is 2.32. The molecule has 3 aromatic rings. The number of nitrogens with zero attached hydrogens (tertiary/aromatic N) is 1. The van der Waals surface area contributed by atoms with Crippen LogP contribution in [-0.4, -0.2) is 34.0 Å². The second-order valence-electron chi connectivity index (χ2n) is 8.46. The molecule has 0 atom stereocenters. The van der Waals surface area contributed by atoms with Gasteiger partial charge in [0, 0.05) is 23.2 Å². The summed E-state index contributed by atoms with van der Waals surface area (Å²) in [7, 11) is 0. The van der Waals surface area contributed by atoms with E-state index < -0.39 is 29.3 Å². The Balaban J connectivity index is 1.37. The van der Waals surface area contributed by atoms with Crippen LogP contribution < -0.4 is 15.4 Å². The molecule has 194 valence electrons. The van der Waals surface area contributed by atoms with Crippen LogP contribution >= 0.6 is 23.2 Å². The average molecular weight is 554 g/mol. The number of carbonyl (C=O) groups is 2. The maximum atomic E-state index is 13.9. The van der Waals surface area contributed by atoms with E-state index in [1.807, 2.05) is 0 Å². The maximum absolute atomic E-state index is 13.9. The largest absolute Gasteiger partial charge is 0.506 e. The lowest BCUT2D eigenvalue weighted by atomic mass is 9.90. The fourth-order valence-electron chi connectivity index (χ4n) is 3.97. The third kappa shape index (κ3) is 6.44. The molecule has 2 amide bonds. The number of aromatic hydroxyl groups is 1. The standard InChI is InChI=1S/C25H20Cl2F3N3O4/c26-12-7-17(22(34)19(27)8-12)23(35)32-14-1-3-15(4-2-14)33-24(36)18-9-13(28)11-31-25(18)37-16-5-6-20(29)21(30)10-16/h5-11,14-15,34H,1-4H2,(H,32,35)(H,33,36). The van der Waals surface area contributed by atoms with Gasteiger partial charge in [0.25, 0.3) is 11.8 Å². The summed E-state index contributed by atoms with van der Waals surface area (Å²) in [5, 5.41) is 15.8. The summed E-state index contributed by atoms with van der Waals surface area (Å²) in [6.45, 7) is 0. The molecular weight excluding hydrogens is 534 g/mol. The Bertz CT molecular complexity index is 1350. The lowest BCUT2D eigenvalue weighted by molar-refractivity contribution is 0.0888. The SMILES string of the molecule is O=C(NC1CCC(NC(=O)c2cc(Cl)cc(Cl)c2O)CC1)c1cc(F)cnc1Oc1ccc(F)c(F)c1. The van der Waals surface area contributed by atoms with Crippen molar-refractivity contribution in [2.24, 2.45) is 0 Å². The van der Waals surface area contributed by atoms with Gasteiger partial charge in [0.2, 0.25) is 5.88 Å². The first-order valence-corrected chi connectivity index (χ1v) is 11.9. The molecule has 1 aliphatic carbocycles. The molecule has 0 radical (unpaired) electrons. The van der Waals surface area contributed by atoms with E-state index in [1.165, 1.54) is 12.1 Å². The Hall–Kier alpha value is -3.50. The summed E-state index contributed by atoms with van der Waals surface area (Å²) in [6.07, 6.45) is 2.88. The normalized spacial score (nSPS) is 17.2. The monoisotopic (exact) mass is 553 g/mol. The van der Waals surface area contributed by atoms with Gasteiger partial charge >= 0.3 is 0 Å². The number of hydrogen-bond donors (Lipinski definition) is 3. The molecule has 1 saturated carbocycles. The molecule has 1 heterocycles. The van der Waals surface area contributed by atoms with Crippen molar-refractivity contribution in [1.82, 2.24) is 15.6 Å². The highest BCUT2D eigenvalue weighted by atomic mass is 35.5. The van der Waals surface area contributed by atoms with Crippen molar-refractivity contribution in [3.63, 3.8) is 0 Å². The van der Waals surface area contributed by atoms with Gasteiger partial charge < -0.3 is 20.5 Å². The lowest BCUT2D eigenvalue weighted by Gasteiger charge is -2.30. The van der Waals surface area contributed by atoms with Crippen molar-refractivity contribution < 1.29 is 32.6 Å². The number of phenolic OH excluding ortho intramolecular Hbond substituents is 1. The predicted octanol–water partition coefficient (Wildman–Crippen LogP) is 5.77. The Morgan fingerprint density at radius 1 is 0.892 bits per heavy atom. The molecule has 4 rings (SSSR count). The summed E-state index contributed by atoms with van der Waals surface area (Å²) >= 11 is 11.8. The minimum atomic E-state index is -1.15. The lowest BCUT2D eigenvalue weighted by Crippen LogP contribution is -2.44. The molecule has 0 bridgehead atoms. The second kappa shape index (κ2) is 11.3. The van der Waals surface area contributed by atoms with Crippen molar-refractivity contribution in [3.8, 4) is 17.4 Å². The van der Waals surface area contributed by atoms with Gasteiger partial charge in [-0.2, -0.15) is 0 Å². The van der Waals surface area contributed by atoms with Crippen molar-refractivity contribution in [2.75, 3.05) is 0 Å². The van der Waals surface area contributed by atoms with Crippen molar-refractivity contribution in [1.29, 1.82) is 0 Å². The van der Waals surface area contributed by atoms with Crippen LogP contribution in [0.25, 0.3) is 0 Å². The number of carbonyl (C=O) groups excluding carboxylic acids is 2. The number of ether oxygens (including phenoxy) is 1. The quantitative estimate of drug-likeness (QED) is 0.359. The smallest absolute Gasteiger partial charge is 0.257 e. The van der Waals surface area contributed by atoms with E-state index >= 15 is 0 Å². The van der Waals surface area contributed by atoms with Crippen LogP contribution in [0.15, 0.2) is 42.6 Å². The molecular formula is C25H20Cl2F3N3O4. The van der Waals surface area contributed by atoms with Gasteiger partial charge in [-0.05, 0) is 56.0 Å². The Morgan fingerprint density at radius 3 is 2.14 bits per heavy atom. The number of phenols is 1. The van der Waals surface area contributed by atoms with E-state index in [1.54, 1.807) is 0 Å². The average Bonchev–Trinajstić information content (AvgIpc) is 2.85. The first-order valence-electron chi connectivity index (χ1n) is 11.2. The minimum Gasteiger partial charge on any atom is -0.506 e. The van der Waals surface area contributed by atoms with Gasteiger partial charge in [-0.25, -0.2) is 18.2 Å². The summed E-state index contributed by atoms with van der Waals surface area (Å²) in [5.74, 6) is -4.94. The Labute approximate surface area is 219 Å². The Kier molecular flexibility index (Phi) is 8.09. The van der Waals surface area contributed by atoms with E-state index in [0.717, 1.165) is 30.5 Å². The topological polar surface area (TPSA) is 101 Å². The van der Waals surface area contributed by atoms with Crippen molar-refractivity contribution in [2.45, 2.75) is 37.8 Å². The van der Waals surface area contributed by atoms with Gasteiger partial charge in [-0.15, -0.1) is 0 Å². The van der Waals surface area contributed by atoms with Crippen LogP contribution in [0.2, 0.25) is 10.0 Å². The number of amides is 2. The van der Waals surface area contributed by atoms with Crippen molar-refractivity contribution >= 4 is 35.0 Å². The van der Waals surface area contributed by atoms with Crippen molar-refractivity contribution in [3.05, 3.63) is 81.2 Å². The van der Waals surface area contributed by atoms with E-state index in [-0.39, 0.29) is 50.6 Å². The molecule has 1 aromatic heterocycles. The molecule has 12 heteroatoms. The molecule has 0 spiro atoms. The summed E-state index contributed by atoms with van der Waals surface area (Å²) in [4.78, 5) is 29.2. The van der Waals surface area contributed by atoms with Gasteiger partial charge in [0.1, 0.15) is 22.9 Å². The van der Waals surface area contributed by atoms with Gasteiger partial charge in [0.05, 0.1) is 16.8 Å². The minimum absolute atomic E-state index is 0.0381. The summed E-state index contributed by atoms with van der Waals surface area (Å²) < 4.78 is 46.0. The molecule has 37 heavy (non-hydrogen) atoms. The highest BCUT2D eigenvalue weighted by Gasteiger charge is 2.27. The number of aromatic nitrogens is 1. The molecule has 0 saturated heterocycles. The summed E-state index contributed by atoms with van der Waals surface area (Å²) in [5.41, 5.74) is -0.256. The summed E-state index contributed by atoms with van der Waals surface area (Å²) in [6, 6.07) is 5.86. The Morgan fingerprint density at radius 2 is 1.51 bits per heavy atom. The van der Waals surface area contributed by atoms with Gasteiger partial charge in [-0.1, -0.05) is 23.2 Å². The van der Waals surface area contributed by atoms with E-state index in [0.29, 0.717) is 25.7 Å². The van der Waals surface area contributed by atoms with E-state index in [9.17, 15) is 27.9 Å². The third-order valence-corrected chi connectivity index (χ3v) is 6.34. The highest BCUT2D eigenvalue weighted by molar-refractivity contribution is 6.36. The molecule has 7 nitrogen and oxygen atoms in total. The van der Waals surface area contributed by atoms with E-state index in [4.69, 9.17) is 27.9 Å². The molecule has 2 aromatic carbocycles. The molecule has 0 aliphatic heterocycles. The predicted molar refractivity (Wildman–Crippen MR) is 130 cm³/mol. The number of pyridine rings is 1. The zero-order valence-corrected chi connectivity index (χ0v) is 20.5. The second-order valence-corrected chi connectivity index (χ2v) is 9.31. The van der Waals surface area contributed by atoms with Crippen LogP contribution in [-0.2, 0) is 0 Å². The van der Waals surface area contributed by atoms with Crippen LogP contribution in [0, 0.1) is 17.5 Å². The third-order valence-electron chi connectivity index (χ3n) is 5.84. The first kappa shape index (κ1) is 26.6. The maximum Gasteiger partial charge on any atom is 0.257 e. The van der Waals surface area contributed by atoms with E-state index in [2.05, 4.69) is 15.6 Å².